The van der Waals surface area contributed by atoms with Crippen molar-refractivity contribution >= 4 is 22.7 Å². The van der Waals surface area contributed by atoms with Gasteiger partial charge in [-0.25, -0.2) is 9.37 Å². The fourth-order valence-electron chi connectivity index (χ4n) is 4.67. The van der Waals surface area contributed by atoms with Crippen LogP contribution in [0.25, 0.3) is 22.2 Å². The van der Waals surface area contributed by atoms with Crippen molar-refractivity contribution in [3.63, 3.8) is 0 Å². The van der Waals surface area contributed by atoms with Gasteiger partial charge in [0.2, 0.25) is 5.91 Å². The van der Waals surface area contributed by atoms with Gasteiger partial charge in [0.15, 0.2) is 0 Å². The molecule has 4 aromatic rings. The highest BCUT2D eigenvalue weighted by Crippen LogP contribution is 2.46. The zero-order valence-electron chi connectivity index (χ0n) is 20.8. The van der Waals surface area contributed by atoms with Gasteiger partial charge in [-0.3, -0.25) is 14.3 Å². The van der Waals surface area contributed by atoms with E-state index in [0.29, 0.717) is 10.9 Å². The molecule has 2 aromatic carbocycles. The van der Waals surface area contributed by atoms with Gasteiger partial charge >= 0.3 is 6.18 Å². The van der Waals surface area contributed by atoms with E-state index in [1.807, 2.05) is 0 Å². The summed E-state index contributed by atoms with van der Waals surface area (Å²) in [5.74, 6) is -4.23. The van der Waals surface area contributed by atoms with Gasteiger partial charge in [0.1, 0.15) is 40.9 Å². The monoisotopic (exact) mass is 541 g/mol. The van der Waals surface area contributed by atoms with Crippen LogP contribution in [-0.4, -0.2) is 45.9 Å². The minimum absolute atomic E-state index is 0.00526. The summed E-state index contributed by atoms with van der Waals surface area (Å²) < 4.78 is 63.9. The Labute approximate surface area is 219 Å². The number of fused-ring (bicyclic) bond motifs is 2. The summed E-state index contributed by atoms with van der Waals surface area (Å²) in [6.45, 7) is 0.430. The lowest BCUT2D eigenvalue weighted by atomic mass is 9.82. The molecule has 0 saturated carbocycles. The first kappa shape index (κ1) is 26.1. The molecule has 5 rings (SSSR count). The molecular weight excluding hydrogens is 518 g/mol. The molecule has 1 aliphatic heterocycles. The first-order chi connectivity index (χ1) is 18.4. The van der Waals surface area contributed by atoms with Crippen LogP contribution in [0.3, 0.4) is 0 Å². The summed E-state index contributed by atoms with van der Waals surface area (Å²) in [5.41, 5.74) is 4.79. The fourth-order valence-corrected chi connectivity index (χ4v) is 4.67. The highest BCUT2D eigenvalue weighted by molar-refractivity contribution is 6.05. The van der Waals surface area contributed by atoms with Gasteiger partial charge in [-0.05, 0) is 43.3 Å². The first-order valence-corrected chi connectivity index (χ1v) is 11.9. The number of nitrogens with two attached hydrogens (primary N) is 1. The average Bonchev–Trinajstić information content (AvgIpc) is 3.40. The number of primary amides is 1. The summed E-state index contributed by atoms with van der Waals surface area (Å²) >= 11 is 0. The van der Waals surface area contributed by atoms with E-state index in [9.17, 15) is 27.2 Å². The highest BCUT2D eigenvalue weighted by atomic mass is 19.4. The summed E-state index contributed by atoms with van der Waals surface area (Å²) in [6, 6.07) is 12.9. The summed E-state index contributed by atoms with van der Waals surface area (Å²) in [7, 11) is 1.53. The number of nitrogens with one attached hydrogen (secondary N) is 1. The third-order valence-electron chi connectivity index (χ3n) is 6.93. The molecule has 2 atom stereocenters. The number of carbonyl (C=O) groups is 2. The smallest absolute Gasteiger partial charge is 0.398 e. The molecule has 2 aromatic heterocycles. The number of benzene rings is 2. The van der Waals surface area contributed by atoms with Gasteiger partial charge < -0.3 is 15.8 Å². The van der Waals surface area contributed by atoms with Crippen LogP contribution in [-0.2, 0) is 17.3 Å². The molecule has 3 heterocycles. The molecule has 8 nitrogen and oxygen atoms in total. The van der Waals surface area contributed by atoms with Crippen molar-refractivity contribution in [2.75, 3.05) is 13.2 Å². The Hall–Kier alpha value is -4.48. The molecule has 1 aliphatic rings. The third-order valence-corrected chi connectivity index (χ3v) is 6.93. The van der Waals surface area contributed by atoms with Crippen LogP contribution in [0, 0.1) is 5.82 Å². The molecule has 0 unspecified atom stereocenters. The van der Waals surface area contributed by atoms with Gasteiger partial charge in [-0.2, -0.15) is 18.3 Å². The number of aromatic nitrogens is 3. The molecule has 3 N–H and O–H groups in total. The van der Waals surface area contributed by atoms with E-state index in [1.54, 1.807) is 24.3 Å². The number of rotatable bonds is 6. The van der Waals surface area contributed by atoms with E-state index in [4.69, 9.17) is 10.5 Å². The molecule has 0 radical (unpaired) electrons. The number of nitrogens with zero attached hydrogens (tertiary/aromatic N) is 3. The van der Waals surface area contributed by atoms with E-state index in [-0.39, 0.29) is 34.9 Å². The number of carbonyl (C=O) groups excluding carboxylic acids is 2. The van der Waals surface area contributed by atoms with Crippen molar-refractivity contribution in [2.45, 2.75) is 24.4 Å². The maximum atomic E-state index is 14.4. The molecule has 0 fully saturated rings. The largest absolute Gasteiger partial charge is 0.489 e. The summed E-state index contributed by atoms with van der Waals surface area (Å²) in [6.07, 6.45) is -4.83. The normalized spacial score (nSPS) is 17.5. The lowest BCUT2D eigenvalue weighted by Crippen LogP contribution is -2.40. The third kappa shape index (κ3) is 4.55. The molecule has 0 bridgehead atoms. The predicted octanol–water partition coefficient (Wildman–Crippen LogP) is 3.99. The van der Waals surface area contributed by atoms with Crippen molar-refractivity contribution < 1.29 is 31.9 Å². The van der Waals surface area contributed by atoms with Crippen LogP contribution >= 0.6 is 0 Å². The molecular formula is C27H23F4N5O3. The number of hydrogen-bond donors (Lipinski definition) is 2. The minimum atomic E-state index is -4.83. The lowest BCUT2D eigenvalue weighted by molar-refractivity contribution is -0.149. The van der Waals surface area contributed by atoms with Crippen LogP contribution in [0.5, 0.6) is 5.75 Å². The van der Waals surface area contributed by atoms with E-state index >= 15 is 0 Å². The number of halogens is 4. The second-order valence-corrected chi connectivity index (χ2v) is 9.56. The summed E-state index contributed by atoms with van der Waals surface area (Å²) in [5, 5.41) is 7.09. The number of alkyl halides is 3. The van der Waals surface area contributed by atoms with Gasteiger partial charge in [0.25, 0.3) is 5.91 Å². The van der Waals surface area contributed by atoms with Gasteiger partial charge in [-0.1, -0.05) is 18.2 Å². The van der Waals surface area contributed by atoms with Crippen LogP contribution < -0.4 is 15.8 Å². The van der Waals surface area contributed by atoms with E-state index < -0.39 is 47.4 Å². The Kier molecular flexibility index (Phi) is 6.28. The number of hydrogen-bond acceptors (Lipinski definition) is 5. The van der Waals surface area contributed by atoms with Crippen molar-refractivity contribution in [1.82, 2.24) is 20.1 Å². The van der Waals surface area contributed by atoms with E-state index in [0.717, 1.165) is 18.2 Å². The van der Waals surface area contributed by atoms with E-state index in [1.165, 1.54) is 30.8 Å². The molecule has 0 spiro atoms. The Morgan fingerprint density at radius 2 is 1.87 bits per heavy atom. The van der Waals surface area contributed by atoms with Crippen LogP contribution in [0.1, 0.15) is 34.6 Å². The molecule has 0 saturated heterocycles. The van der Waals surface area contributed by atoms with Crippen molar-refractivity contribution in [3.8, 4) is 17.0 Å². The Balaban J connectivity index is 1.57. The highest BCUT2D eigenvalue weighted by Gasteiger charge is 2.47. The first-order valence-electron chi connectivity index (χ1n) is 11.9. The average molecular weight is 542 g/mol. The summed E-state index contributed by atoms with van der Waals surface area (Å²) in [4.78, 5) is 29.6. The topological polar surface area (TPSA) is 112 Å². The number of aryl methyl sites for hydroxylation is 1. The van der Waals surface area contributed by atoms with Crippen molar-refractivity contribution in [2.24, 2.45) is 12.8 Å². The van der Waals surface area contributed by atoms with Gasteiger partial charge in [0.05, 0.1) is 11.2 Å². The van der Waals surface area contributed by atoms with Crippen LogP contribution in [0.4, 0.5) is 17.6 Å². The maximum Gasteiger partial charge on any atom is 0.398 e. The zero-order valence-corrected chi connectivity index (χ0v) is 20.8. The second-order valence-electron chi connectivity index (χ2n) is 9.56. The van der Waals surface area contributed by atoms with Crippen LogP contribution in [0.2, 0.25) is 0 Å². The van der Waals surface area contributed by atoms with Gasteiger partial charge in [-0.15, -0.1) is 0 Å². The predicted molar refractivity (Wildman–Crippen MR) is 134 cm³/mol. The molecule has 0 aliphatic carbocycles. The van der Waals surface area contributed by atoms with Crippen molar-refractivity contribution in [1.29, 1.82) is 0 Å². The number of ether oxygens (including phenoxy) is 1. The number of amides is 2. The maximum absolute atomic E-state index is 14.4. The van der Waals surface area contributed by atoms with Gasteiger partial charge in [0, 0.05) is 30.1 Å². The van der Waals surface area contributed by atoms with Crippen molar-refractivity contribution in [3.05, 3.63) is 77.4 Å². The molecule has 39 heavy (non-hydrogen) atoms. The Bertz CT molecular complexity index is 1600. The standard InChI is InChI=1S/C27H23F4N5O3/c1-26(25(32)38)13-39-23-17(26)11-20(34-21(23)14-7-9-15(28)10-8-14)18(27(29,30)31)12-33-24(37)22-16-5-3-4-6-19(16)35-36(22)2/h3-11,18H,12-13H2,1-2H3,(H2,32,38)(H,33,37)/t18-,26+/m1/s1. The lowest BCUT2D eigenvalue weighted by Gasteiger charge is -2.24. The Morgan fingerprint density at radius 1 is 1.18 bits per heavy atom. The SMILES string of the molecule is Cn1nc2ccccc2c1C(=O)NC[C@H](c1cc2c(c(-c3ccc(F)cc3)n1)OC[C@]2(C)C(N)=O)C(F)(F)F. The fraction of sp³-hybridized carbons (Fsp3) is 0.259. The minimum Gasteiger partial charge on any atom is -0.489 e. The second kappa shape index (κ2) is 9.37. The van der Waals surface area contributed by atoms with Crippen LogP contribution in [0.15, 0.2) is 54.6 Å². The molecule has 202 valence electrons. The molecule has 2 amide bonds. The number of pyridine rings is 1. The Morgan fingerprint density at radius 3 is 2.54 bits per heavy atom. The quantitative estimate of drug-likeness (QED) is 0.359. The zero-order chi connectivity index (χ0) is 28.1. The molecule has 12 heteroatoms. The van der Waals surface area contributed by atoms with E-state index in [2.05, 4.69) is 15.4 Å².